The predicted octanol–water partition coefficient (Wildman–Crippen LogP) is 9.30. The van der Waals surface area contributed by atoms with E-state index >= 15 is 0 Å². The quantitative estimate of drug-likeness (QED) is 0.107. The van der Waals surface area contributed by atoms with E-state index in [0.29, 0.717) is 0 Å². The fourth-order valence-corrected chi connectivity index (χ4v) is 4.34. The van der Waals surface area contributed by atoms with Gasteiger partial charge >= 0.3 is 0 Å². The van der Waals surface area contributed by atoms with Crippen LogP contribution in [0.25, 0.3) is 0 Å². The van der Waals surface area contributed by atoms with Crippen molar-refractivity contribution < 1.29 is 5.11 Å². The molecule has 2 N–H and O–H groups in total. The van der Waals surface area contributed by atoms with Gasteiger partial charge in [-0.05, 0) is 25.8 Å². The van der Waals surface area contributed by atoms with Crippen molar-refractivity contribution in [3.8, 4) is 0 Å². The minimum atomic E-state index is -0.280. The van der Waals surface area contributed by atoms with E-state index in [9.17, 15) is 5.11 Å². The van der Waals surface area contributed by atoms with E-state index in [1.54, 1.807) is 0 Å². The zero-order valence-corrected chi connectivity index (χ0v) is 21.2. The summed E-state index contributed by atoms with van der Waals surface area (Å²) in [6.07, 6.45) is 32.6. The second-order valence-electron chi connectivity index (χ2n) is 9.68. The standard InChI is InChI=1S/C28H59NO/c1-3-5-7-9-10-11-12-13-14-15-16-17-18-19-20-21-22-23-24-26-28(30)29-27-25-8-6-4-2/h28-30H,3-27H2,1-2H3. The molecule has 0 heterocycles. The first-order valence-corrected chi connectivity index (χ1v) is 14.2. The molecule has 30 heavy (non-hydrogen) atoms. The number of aliphatic hydroxyl groups is 1. The Bertz CT molecular complexity index is 294. The van der Waals surface area contributed by atoms with Gasteiger partial charge in [0, 0.05) is 0 Å². The van der Waals surface area contributed by atoms with Crippen molar-refractivity contribution in [2.75, 3.05) is 6.54 Å². The molecule has 2 nitrogen and oxygen atoms in total. The fourth-order valence-electron chi connectivity index (χ4n) is 4.34. The Morgan fingerprint density at radius 3 is 1.10 bits per heavy atom. The number of aliphatic hydroxyl groups excluding tert-OH is 1. The van der Waals surface area contributed by atoms with Crippen molar-refractivity contribution in [1.29, 1.82) is 0 Å². The summed E-state index contributed by atoms with van der Waals surface area (Å²) in [5.74, 6) is 0. The minimum absolute atomic E-state index is 0.280. The van der Waals surface area contributed by atoms with Crippen LogP contribution in [0.1, 0.15) is 168 Å². The van der Waals surface area contributed by atoms with E-state index in [0.717, 1.165) is 13.0 Å². The predicted molar refractivity (Wildman–Crippen MR) is 136 cm³/mol. The Morgan fingerprint density at radius 2 is 0.733 bits per heavy atom. The van der Waals surface area contributed by atoms with E-state index < -0.39 is 0 Å². The molecule has 1 atom stereocenters. The van der Waals surface area contributed by atoms with E-state index in [1.165, 1.54) is 148 Å². The molecule has 0 radical (unpaired) electrons. The number of hydrogen-bond donors (Lipinski definition) is 2. The lowest BCUT2D eigenvalue weighted by Crippen LogP contribution is -2.29. The molecule has 0 bridgehead atoms. The third-order valence-electron chi connectivity index (χ3n) is 6.49. The van der Waals surface area contributed by atoms with Gasteiger partial charge in [0.15, 0.2) is 0 Å². The van der Waals surface area contributed by atoms with E-state index in [4.69, 9.17) is 0 Å². The number of unbranched alkanes of at least 4 members (excludes halogenated alkanes) is 21. The molecule has 2 heteroatoms. The Hall–Kier alpha value is -0.0800. The third kappa shape index (κ3) is 26.0. The lowest BCUT2D eigenvalue weighted by Gasteiger charge is -2.12. The molecule has 0 aliphatic heterocycles. The van der Waals surface area contributed by atoms with E-state index in [1.807, 2.05) is 0 Å². The Labute approximate surface area is 191 Å². The van der Waals surface area contributed by atoms with Gasteiger partial charge in [0.2, 0.25) is 0 Å². The molecule has 0 aromatic carbocycles. The van der Waals surface area contributed by atoms with Crippen LogP contribution < -0.4 is 5.32 Å². The van der Waals surface area contributed by atoms with Crippen molar-refractivity contribution in [2.24, 2.45) is 0 Å². The number of hydrogen-bond acceptors (Lipinski definition) is 2. The molecular weight excluding hydrogens is 366 g/mol. The highest BCUT2D eigenvalue weighted by molar-refractivity contribution is 4.56. The molecule has 0 amide bonds. The molecule has 1 unspecified atom stereocenters. The first-order valence-electron chi connectivity index (χ1n) is 14.2. The summed E-state index contributed by atoms with van der Waals surface area (Å²) in [5, 5.41) is 13.2. The molecule has 0 saturated heterocycles. The minimum Gasteiger partial charge on any atom is -0.379 e. The zero-order valence-electron chi connectivity index (χ0n) is 21.2. The van der Waals surface area contributed by atoms with Crippen molar-refractivity contribution >= 4 is 0 Å². The topological polar surface area (TPSA) is 32.3 Å². The van der Waals surface area contributed by atoms with Crippen LogP contribution in [0.4, 0.5) is 0 Å². The maximum Gasteiger partial charge on any atom is 0.104 e. The van der Waals surface area contributed by atoms with Crippen LogP contribution in [-0.2, 0) is 0 Å². The molecule has 0 aliphatic carbocycles. The Kier molecular flexibility index (Phi) is 26.9. The molecule has 0 rings (SSSR count). The summed E-state index contributed by atoms with van der Waals surface area (Å²) in [4.78, 5) is 0. The molecule has 0 aromatic heterocycles. The average molecular weight is 426 g/mol. The summed E-state index contributed by atoms with van der Waals surface area (Å²) in [6, 6.07) is 0. The largest absolute Gasteiger partial charge is 0.379 e. The summed E-state index contributed by atoms with van der Waals surface area (Å²) in [5.41, 5.74) is 0. The van der Waals surface area contributed by atoms with Gasteiger partial charge in [0.1, 0.15) is 6.23 Å². The highest BCUT2D eigenvalue weighted by Crippen LogP contribution is 2.15. The van der Waals surface area contributed by atoms with Crippen LogP contribution in [0, 0.1) is 0 Å². The lowest BCUT2D eigenvalue weighted by atomic mass is 10.0. The lowest BCUT2D eigenvalue weighted by molar-refractivity contribution is 0.124. The Morgan fingerprint density at radius 1 is 0.433 bits per heavy atom. The van der Waals surface area contributed by atoms with Gasteiger partial charge in [-0.3, -0.25) is 5.32 Å². The first-order chi connectivity index (χ1) is 14.8. The molecule has 0 saturated carbocycles. The van der Waals surface area contributed by atoms with Crippen LogP contribution in [0.2, 0.25) is 0 Å². The molecule has 0 fully saturated rings. The summed E-state index contributed by atoms with van der Waals surface area (Å²) in [7, 11) is 0. The van der Waals surface area contributed by atoms with Gasteiger partial charge in [-0.15, -0.1) is 0 Å². The molecule has 182 valence electrons. The van der Waals surface area contributed by atoms with Crippen molar-refractivity contribution in [2.45, 2.75) is 174 Å². The molecule has 0 aliphatic rings. The van der Waals surface area contributed by atoms with Crippen LogP contribution in [-0.4, -0.2) is 17.9 Å². The third-order valence-corrected chi connectivity index (χ3v) is 6.49. The van der Waals surface area contributed by atoms with Crippen molar-refractivity contribution in [1.82, 2.24) is 5.32 Å². The highest BCUT2D eigenvalue weighted by atomic mass is 16.3. The van der Waals surface area contributed by atoms with Crippen LogP contribution in [0.3, 0.4) is 0 Å². The van der Waals surface area contributed by atoms with Crippen molar-refractivity contribution in [3.05, 3.63) is 0 Å². The monoisotopic (exact) mass is 425 g/mol. The molecular formula is C28H59NO. The fraction of sp³-hybridized carbons (Fsp3) is 1.00. The number of rotatable bonds is 26. The SMILES string of the molecule is CCCCCCCCCCCCCCCCCCCCCC(O)NCCCCCC. The maximum atomic E-state index is 9.94. The van der Waals surface area contributed by atoms with E-state index in [-0.39, 0.29) is 6.23 Å². The summed E-state index contributed by atoms with van der Waals surface area (Å²) in [6.45, 7) is 5.51. The second kappa shape index (κ2) is 27.0. The molecule has 0 spiro atoms. The maximum absolute atomic E-state index is 9.94. The number of nitrogens with one attached hydrogen (secondary N) is 1. The van der Waals surface area contributed by atoms with Gasteiger partial charge < -0.3 is 5.11 Å². The van der Waals surface area contributed by atoms with Crippen LogP contribution in [0.15, 0.2) is 0 Å². The smallest absolute Gasteiger partial charge is 0.104 e. The highest BCUT2D eigenvalue weighted by Gasteiger charge is 2.02. The van der Waals surface area contributed by atoms with Gasteiger partial charge in [-0.2, -0.15) is 0 Å². The van der Waals surface area contributed by atoms with Crippen LogP contribution in [0.5, 0.6) is 0 Å². The van der Waals surface area contributed by atoms with Gasteiger partial charge in [-0.25, -0.2) is 0 Å². The van der Waals surface area contributed by atoms with Gasteiger partial charge in [0.05, 0.1) is 0 Å². The average Bonchev–Trinajstić information content (AvgIpc) is 2.75. The van der Waals surface area contributed by atoms with Crippen molar-refractivity contribution in [3.63, 3.8) is 0 Å². The second-order valence-corrected chi connectivity index (χ2v) is 9.68. The summed E-state index contributed by atoms with van der Waals surface area (Å²) >= 11 is 0. The van der Waals surface area contributed by atoms with Gasteiger partial charge in [-0.1, -0.05) is 149 Å². The Balaban J connectivity index is 3.07. The zero-order chi connectivity index (χ0) is 22.0. The summed E-state index contributed by atoms with van der Waals surface area (Å²) < 4.78 is 0. The van der Waals surface area contributed by atoms with E-state index in [2.05, 4.69) is 19.2 Å². The van der Waals surface area contributed by atoms with Gasteiger partial charge in [0.25, 0.3) is 0 Å². The normalized spacial score (nSPS) is 12.5. The molecule has 0 aromatic rings. The van der Waals surface area contributed by atoms with Crippen LogP contribution >= 0.6 is 0 Å². The first kappa shape index (κ1) is 29.9.